The number of hydrogen-bond acceptors (Lipinski definition) is 1. The third kappa shape index (κ3) is 18.7. The Kier molecular flexibility index (Phi) is 35.3. The van der Waals surface area contributed by atoms with Crippen molar-refractivity contribution in [3.63, 3.8) is 0 Å². The Balaban J connectivity index is -0.0000000800. The molecule has 0 spiro atoms. The zero-order valence-electron chi connectivity index (χ0n) is 4.78. The summed E-state index contributed by atoms with van der Waals surface area (Å²) in [5.41, 5.74) is 0. The Bertz CT molecular complexity index is 19.2. The fourth-order valence-electron chi connectivity index (χ4n) is 0.167. The van der Waals surface area contributed by atoms with Crippen LogP contribution < -0.4 is 12.4 Å². The van der Waals surface area contributed by atoms with E-state index in [0.29, 0.717) is 0 Å². The number of thioether (sulfide) groups is 1. The molecule has 0 rings (SSSR count). The van der Waals surface area contributed by atoms with Crippen molar-refractivity contribution in [1.29, 1.82) is 0 Å². The summed E-state index contributed by atoms with van der Waals surface area (Å²) in [5.74, 6) is 2.17. The molecule has 0 aliphatic heterocycles. The van der Waals surface area contributed by atoms with Crippen molar-refractivity contribution in [2.45, 2.75) is 13.3 Å². The van der Waals surface area contributed by atoms with E-state index in [1.165, 1.54) is 6.42 Å². The van der Waals surface area contributed by atoms with Crippen molar-refractivity contribution in [3.8, 4) is 0 Å². The Morgan fingerprint density at radius 1 is 1.57 bits per heavy atom. The largest absolute Gasteiger partial charge is 2.00 e. The zero-order chi connectivity index (χ0) is 4.12. The van der Waals surface area contributed by atoms with Crippen LogP contribution in [0.1, 0.15) is 13.3 Å². The normalized spacial score (nSPS) is 6.00. The van der Waals surface area contributed by atoms with Crippen LogP contribution >= 0.6 is 11.8 Å². The van der Waals surface area contributed by atoms with Gasteiger partial charge in [-0.1, -0.05) is 6.92 Å². The maximum Gasteiger partial charge on any atom is 2.00 e. The van der Waals surface area contributed by atoms with E-state index in [9.17, 15) is 0 Å². The molecule has 0 nitrogen and oxygen atoms in total. The molecular formula is C4H9ClMgS. The Labute approximate surface area is 72.4 Å². The van der Waals surface area contributed by atoms with E-state index < -0.39 is 0 Å². The molecular weight excluding hydrogens is 140 g/mol. The molecule has 3 heteroatoms. The summed E-state index contributed by atoms with van der Waals surface area (Å²) in [5, 5.41) is 0. The first-order valence-corrected chi connectivity index (χ1v) is 3.05. The topological polar surface area (TPSA) is 0 Å². The molecule has 40 valence electrons. The monoisotopic (exact) mass is 148 g/mol. The molecule has 7 heavy (non-hydrogen) atoms. The van der Waals surface area contributed by atoms with E-state index in [1.54, 1.807) is 11.8 Å². The second kappa shape index (κ2) is 15.7. The predicted octanol–water partition coefficient (Wildman–Crippen LogP) is -1.46. The van der Waals surface area contributed by atoms with Gasteiger partial charge in [0.05, 0.1) is 0 Å². The quantitative estimate of drug-likeness (QED) is 0.341. The van der Waals surface area contributed by atoms with Crippen LogP contribution in [0.3, 0.4) is 0 Å². The summed E-state index contributed by atoms with van der Waals surface area (Å²) in [6.07, 6.45) is 3.25. The van der Waals surface area contributed by atoms with E-state index >= 15 is 0 Å². The first kappa shape index (κ1) is 15.8. The Morgan fingerprint density at radius 2 is 2.00 bits per heavy atom. The molecule has 0 aromatic heterocycles. The van der Waals surface area contributed by atoms with Crippen molar-refractivity contribution in [2.24, 2.45) is 0 Å². The minimum Gasteiger partial charge on any atom is -1.00 e. The molecule has 0 amide bonds. The van der Waals surface area contributed by atoms with Crippen molar-refractivity contribution >= 4 is 34.8 Å². The zero-order valence-corrected chi connectivity index (χ0v) is 7.76. The maximum absolute atomic E-state index is 2.17. The minimum atomic E-state index is 0. The van der Waals surface area contributed by atoms with Crippen molar-refractivity contribution in [1.82, 2.24) is 0 Å². The van der Waals surface area contributed by atoms with Crippen LogP contribution in [0, 0.1) is 5.75 Å². The van der Waals surface area contributed by atoms with Gasteiger partial charge in [-0.15, -0.1) is 0 Å². The third-order valence-electron chi connectivity index (χ3n) is 0.333. The SMILES string of the molecule is CC[CH-]SC.[Cl-].[Mg+2]. The van der Waals surface area contributed by atoms with Crippen LogP contribution in [0.25, 0.3) is 0 Å². The van der Waals surface area contributed by atoms with Crippen LogP contribution in [0.15, 0.2) is 0 Å². The fraction of sp³-hybridized carbons (Fsp3) is 0.750. The molecule has 0 aliphatic rings. The van der Waals surface area contributed by atoms with E-state index in [0.717, 1.165) is 0 Å². The standard InChI is InChI=1S/C4H9S.ClH.Mg/c1-3-4-5-2;;/h4H,3H2,1-2H3;1H;/q-1;;+2/p-1. The molecule has 0 bridgehead atoms. The summed E-state index contributed by atoms with van der Waals surface area (Å²) < 4.78 is 0. The van der Waals surface area contributed by atoms with Gasteiger partial charge in [-0.2, -0.15) is 6.42 Å². The van der Waals surface area contributed by atoms with Crippen LogP contribution in [-0.2, 0) is 0 Å². The van der Waals surface area contributed by atoms with Crippen LogP contribution in [0.2, 0.25) is 0 Å². The van der Waals surface area contributed by atoms with Crippen molar-refractivity contribution < 1.29 is 12.4 Å². The molecule has 0 aliphatic carbocycles. The number of hydrogen-bond donors (Lipinski definition) is 0. The van der Waals surface area contributed by atoms with E-state index in [4.69, 9.17) is 0 Å². The molecule has 0 aromatic rings. The second-order valence-electron chi connectivity index (χ2n) is 0.811. The van der Waals surface area contributed by atoms with Gasteiger partial charge in [0.2, 0.25) is 0 Å². The average Bonchev–Trinajstić information content (AvgIpc) is 1.41. The van der Waals surface area contributed by atoms with Crippen LogP contribution in [-0.4, -0.2) is 29.3 Å². The Hall–Kier alpha value is 1.41. The van der Waals surface area contributed by atoms with Gasteiger partial charge in [-0.25, -0.2) is 0 Å². The van der Waals surface area contributed by atoms with E-state index in [2.05, 4.69) is 18.9 Å². The Morgan fingerprint density at radius 3 is 2.00 bits per heavy atom. The predicted molar refractivity (Wildman–Crippen MR) is 33.9 cm³/mol. The van der Waals surface area contributed by atoms with E-state index in [1.807, 2.05) is 0 Å². The number of rotatable bonds is 2. The molecule has 0 unspecified atom stereocenters. The molecule has 0 heterocycles. The van der Waals surface area contributed by atoms with Crippen molar-refractivity contribution in [3.05, 3.63) is 5.75 Å². The second-order valence-corrected chi connectivity index (χ2v) is 1.62. The van der Waals surface area contributed by atoms with Gasteiger partial charge in [0.15, 0.2) is 0 Å². The summed E-state index contributed by atoms with van der Waals surface area (Å²) >= 11 is 1.78. The van der Waals surface area contributed by atoms with E-state index in [-0.39, 0.29) is 35.5 Å². The smallest absolute Gasteiger partial charge is 1.00 e. The summed E-state index contributed by atoms with van der Waals surface area (Å²) in [7, 11) is 0. The van der Waals surface area contributed by atoms with Crippen molar-refractivity contribution in [2.75, 3.05) is 6.26 Å². The van der Waals surface area contributed by atoms with Gasteiger partial charge in [-0.05, 0) is 6.26 Å². The third-order valence-corrected chi connectivity index (χ3v) is 1.000. The molecule has 0 aromatic carbocycles. The molecule has 0 N–H and O–H groups in total. The minimum absolute atomic E-state index is 0. The summed E-state index contributed by atoms with van der Waals surface area (Å²) in [6.45, 7) is 2.14. The first-order valence-electron chi connectivity index (χ1n) is 1.76. The molecule has 0 saturated heterocycles. The van der Waals surface area contributed by atoms with Crippen LogP contribution in [0.5, 0.6) is 0 Å². The summed E-state index contributed by atoms with van der Waals surface area (Å²) in [6, 6.07) is 0. The summed E-state index contributed by atoms with van der Waals surface area (Å²) in [4.78, 5) is 0. The van der Waals surface area contributed by atoms with Gasteiger partial charge >= 0.3 is 23.1 Å². The van der Waals surface area contributed by atoms with Gasteiger partial charge in [0, 0.05) is 0 Å². The van der Waals surface area contributed by atoms with Gasteiger partial charge in [-0.3, -0.25) is 5.75 Å². The molecule has 0 radical (unpaired) electrons. The van der Waals surface area contributed by atoms with Gasteiger partial charge in [0.25, 0.3) is 0 Å². The van der Waals surface area contributed by atoms with Crippen LogP contribution in [0.4, 0.5) is 0 Å². The molecule has 0 fully saturated rings. The fourth-order valence-corrected chi connectivity index (χ4v) is 0.500. The average molecular weight is 149 g/mol. The molecule has 0 saturated carbocycles. The number of halogens is 1. The van der Waals surface area contributed by atoms with Gasteiger partial charge in [0.1, 0.15) is 0 Å². The van der Waals surface area contributed by atoms with Gasteiger partial charge < -0.3 is 24.2 Å². The molecule has 0 atom stereocenters. The first-order chi connectivity index (χ1) is 2.41. The maximum atomic E-state index is 2.17.